The Bertz CT molecular complexity index is 3750. The van der Waals surface area contributed by atoms with Gasteiger partial charge in [0.15, 0.2) is 21.5 Å². The Hall–Kier alpha value is -8.06. The van der Waals surface area contributed by atoms with Crippen LogP contribution in [0, 0.1) is 24.0 Å². The predicted molar refractivity (Wildman–Crippen MR) is 302 cm³/mol. The van der Waals surface area contributed by atoms with Gasteiger partial charge in [-0.1, -0.05) is 45.0 Å². The number of rotatable bonds is 19. The van der Waals surface area contributed by atoms with Crippen LogP contribution in [-0.2, 0) is 61.3 Å². The van der Waals surface area contributed by atoms with Crippen LogP contribution < -0.4 is 36.9 Å². The number of β-amino-alcohol motifs (C(OH)–C–C–N with tert-alkyl or cyclic N) is 1. The highest BCUT2D eigenvalue weighted by Crippen LogP contribution is 2.45. The number of aromatic nitrogens is 4. The number of nitrogens with two attached hydrogens (primary N) is 1. The molecule has 1 fully saturated rings. The molecule has 0 aliphatic carbocycles. The summed E-state index contributed by atoms with van der Waals surface area (Å²) in [7, 11) is -2.19. The minimum atomic E-state index is -3.75. The Morgan fingerprint density at radius 1 is 1.00 bits per heavy atom. The first-order valence-corrected chi connectivity index (χ1v) is 28.9. The number of aryl methyl sites for hydroxylation is 2. The maximum absolute atomic E-state index is 15.6. The largest absolute Gasteiger partial charge is 0.492 e. The summed E-state index contributed by atoms with van der Waals surface area (Å²) < 4.78 is 68.6. The first kappa shape index (κ1) is 57.6. The van der Waals surface area contributed by atoms with Gasteiger partial charge in [-0.2, -0.15) is 0 Å². The SMILES string of the molecule is Cc1ncsc1-c1ccc(CNC(=O)[C@@H]2C[C@@H](O)CN2C(=O)[C@@H](NC(=O)COCCc2cc(N)cc(OCCNC(=O)c3cc4c(cc3CS(C)(=O)=O)-c3cn(C)c(=O)c5[nH]cc(c35)CN4c3ncc(F)cc3F)c2)C(C)(C)C)cc1. The number of aliphatic hydroxyl groups excluding tert-OH is 1. The van der Waals surface area contributed by atoms with Crippen LogP contribution in [0.4, 0.5) is 26.0 Å². The van der Waals surface area contributed by atoms with E-state index in [0.29, 0.717) is 51.6 Å². The average molecular weight is 1150 g/mol. The van der Waals surface area contributed by atoms with Crippen LogP contribution >= 0.6 is 11.3 Å². The molecule has 1 saturated heterocycles. The number of sulfone groups is 1. The third-order valence-corrected chi connectivity index (χ3v) is 15.9. The van der Waals surface area contributed by atoms with Gasteiger partial charge in [-0.15, -0.1) is 11.3 Å². The number of carbonyl (C=O) groups excluding carboxylic acids is 4. The summed E-state index contributed by atoms with van der Waals surface area (Å²) in [5.74, 6) is -4.52. The van der Waals surface area contributed by atoms with Gasteiger partial charge in [0.05, 0.1) is 59.5 Å². The van der Waals surface area contributed by atoms with Gasteiger partial charge in [0.25, 0.3) is 11.5 Å². The lowest BCUT2D eigenvalue weighted by Gasteiger charge is -2.35. The topological polar surface area (TPSA) is 273 Å². The third-order valence-electron chi connectivity index (χ3n) is 14.1. The Morgan fingerprint density at radius 3 is 2.47 bits per heavy atom. The first-order valence-electron chi connectivity index (χ1n) is 26.0. The van der Waals surface area contributed by atoms with E-state index >= 15 is 4.39 Å². The minimum absolute atomic E-state index is 0.0410. The van der Waals surface area contributed by atoms with Gasteiger partial charge in [-0.05, 0) is 70.8 Å². The number of aliphatic hydroxyl groups is 1. The van der Waals surface area contributed by atoms with Crippen LogP contribution in [0.3, 0.4) is 0 Å². The van der Waals surface area contributed by atoms with Gasteiger partial charge in [-0.3, -0.25) is 24.0 Å². The summed E-state index contributed by atoms with van der Waals surface area (Å²) in [6.45, 7) is 6.95. The maximum Gasteiger partial charge on any atom is 0.274 e. The summed E-state index contributed by atoms with van der Waals surface area (Å²) in [5, 5.41) is 19.6. The van der Waals surface area contributed by atoms with Crippen LogP contribution in [0.5, 0.6) is 5.75 Å². The number of nitrogens with one attached hydrogen (secondary N) is 4. The number of ether oxygens (including phenoxy) is 2. The number of hydrogen-bond acceptors (Lipinski definition) is 15. The van der Waals surface area contributed by atoms with E-state index in [9.17, 15) is 41.9 Å². The van der Waals surface area contributed by atoms with E-state index in [4.69, 9.17) is 15.2 Å². The van der Waals surface area contributed by atoms with Crippen molar-refractivity contribution in [3.63, 3.8) is 0 Å². The van der Waals surface area contributed by atoms with E-state index < -0.39 is 81.1 Å². The molecule has 4 amide bonds. The quantitative estimate of drug-likeness (QED) is 0.0426. The fraction of sp³-hybridized carbons (Fsp3) is 0.351. The molecule has 0 spiro atoms. The molecule has 7 N–H and O–H groups in total. The fourth-order valence-electron chi connectivity index (χ4n) is 10.2. The second-order valence-corrected chi connectivity index (χ2v) is 24.4. The van der Waals surface area contributed by atoms with E-state index in [1.165, 1.54) is 26.5 Å². The Labute approximate surface area is 469 Å². The first-order chi connectivity index (χ1) is 38.4. The molecule has 81 heavy (non-hydrogen) atoms. The van der Waals surface area contributed by atoms with Gasteiger partial charge in [0, 0.05) is 85.1 Å². The predicted octanol–water partition coefficient (Wildman–Crippen LogP) is 5.59. The van der Waals surface area contributed by atoms with Gasteiger partial charge in [-0.25, -0.2) is 27.2 Å². The highest BCUT2D eigenvalue weighted by atomic mass is 32.2. The van der Waals surface area contributed by atoms with Crippen molar-refractivity contribution in [1.29, 1.82) is 0 Å². The number of benzene rings is 3. The molecule has 0 unspecified atom stereocenters. The zero-order valence-corrected chi connectivity index (χ0v) is 47.0. The summed E-state index contributed by atoms with van der Waals surface area (Å²) in [5.41, 5.74) is 12.8. The van der Waals surface area contributed by atoms with Crippen molar-refractivity contribution in [1.82, 2.24) is 40.4 Å². The number of thiazole rings is 1. The number of fused-ring (bicyclic) bond motifs is 2. The van der Waals surface area contributed by atoms with Crippen molar-refractivity contribution < 1.29 is 51.0 Å². The smallest absolute Gasteiger partial charge is 0.274 e. The Kier molecular flexibility index (Phi) is 16.8. The van der Waals surface area contributed by atoms with Gasteiger partial charge in [0.1, 0.15) is 42.4 Å². The van der Waals surface area contributed by atoms with E-state index in [2.05, 4.69) is 30.9 Å². The monoisotopic (exact) mass is 1150 g/mol. The molecular weight excluding hydrogens is 1090 g/mol. The van der Waals surface area contributed by atoms with Crippen molar-refractivity contribution in [2.24, 2.45) is 12.5 Å². The number of halogens is 2. The molecule has 3 atom stereocenters. The molecule has 20 nitrogen and oxygen atoms in total. The molecule has 24 heteroatoms. The third kappa shape index (κ3) is 13.1. The highest BCUT2D eigenvalue weighted by Gasteiger charge is 2.44. The van der Waals surface area contributed by atoms with E-state index in [0.717, 1.165) is 34.2 Å². The van der Waals surface area contributed by atoms with Crippen LogP contribution in [0.25, 0.3) is 32.5 Å². The molecule has 0 saturated carbocycles. The lowest BCUT2D eigenvalue weighted by molar-refractivity contribution is -0.144. The number of carbonyl (C=O) groups is 4. The number of amides is 4. The lowest BCUT2D eigenvalue weighted by atomic mass is 9.85. The van der Waals surface area contributed by atoms with E-state index in [1.54, 1.807) is 75.3 Å². The molecule has 0 bridgehead atoms. The molecule has 9 rings (SSSR count). The zero-order valence-electron chi connectivity index (χ0n) is 45.4. The number of aromatic amines is 1. The number of nitrogens with zero attached hydrogens (tertiary/aromatic N) is 5. The normalized spacial score (nSPS) is 15.5. The Balaban J connectivity index is 0.802. The summed E-state index contributed by atoms with van der Waals surface area (Å²) in [6.07, 6.45) is 4.48. The number of hydrogen-bond donors (Lipinski definition) is 6. The molecule has 4 aromatic heterocycles. The van der Waals surface area contributed by atoms with Crippen molar-refractivity contribution in [2.75, 3.05) is 49.8 Å². The van der Waals surface area contributed by atoms with Crippen LogP contribution in [0.2, 0.25) is 0 Å². The lowest BCUT2D eigenvalue weighted by Crippen LogP contribution is -2.58. The summed E-state index contributed by atoms with van der Waals surface area (Å²) >= 11 is 1.55. The van der Waals surface area contributed by atoms with Crippen molar-refractivity contribution in [3.8, 4) is 27.3 Å². The molecular formula is C57H62F2N10O10S2. The van der Waals surface area contributed by atoms with Crippen LogP contribution in [0.15, 0.2) is 89.6 Å². The van der Waals surface area contributed by atoms with Crippen molar-refractivity contribution in [3.05, 3.63) is 140 Å². The fourth-order valence-corrected chi connectivity index (χ4v) is 11.8. The molecule has 0 radical (unpaired) electrons. The minimum Gasteiger partial charge on any atom is -0.492 e. The van der Waals surface area contributed by atoms with Crippen LogP contribution in [-0.4, -0.2) is 119 Å². The van der Waals surface area contributed by atoms with Crippen molar-refractivity contribution in [2.45, 2.75) is 77.6 Å². The van der Waals surface area contributed by atoms with Gasteiger partial charge >= 0.3 is 0 Å². The average Bonchev–Trinajstić information content (AvgIpc) is 3.67. The van der Waals surface area contributed by atoms with Crippen LogP contribution in [0.1, 0.15) is 65.5 Å². The molecule has 426 valence electrons. The molecule has 7 aromatic rings. The highest BCUT2D eigenvalue weighted by molar-refractivity contribution is 7.89. The number of H-pyrrole nitrogens is 1. The van der Waals surface area contributed by atoms with Gasteiger partial charge in [0.2, 0.25) is 17.7 Å². The number of likely N-dealkylation sites (tertiary alicyclic amines) is 1. The second-order valence-electron chi connectivity index (χ2n) is 21.4. The van der Waals surface area contributed by atoms with Crippen molar-refractivity contribution >= 4 is 72.9 Å². The standard InChI is InChI=1S/C57H62F2N10O10S2/c1-31-50(80-30-65-31)34-9-7-32(8-10-34)22-64-54(73)46-20-39(70)26-69(46)56(75)51(57(2,3)4)66-47(71)28-78-13-11-33-15-38(60)19-40(16-33)79-14-12-61-53(72)41-21-45-42(17-35(41)29-81(6,76)77)43-27-67(5)55(74)49-48(43)36(23-62-49)25-68(45)52-44(59)18-37(58)24-63-52/h7-10,15-19,21,23-24,27,30,39,46,51,62,70H,11-14,20,22,25-26,28-29,60H2,1-6H3,(H,61,72)(H,64,73)(H,66,71)/t39-,46+,51-/m1/s1. The summed E-state index contributed by atoms with van der Waals surface area (Å²) in [4.78, 5) is 83.6. The molecule has 3 aromatic carbocycles. The maximum atomic E-state index is 15.6. The Morgan fingerprint density at radius 2 is 1.77 bits per heavy atom. The molecule has 2 aliphatic rings. The molecule has 6 heterocycles. The number of pyridine rings is 2. The summed E-state index contributed by atoms with van der Waals surface area (Å²) in [6, 6.07) is 14.4. The second kappa shape index (κ2) is 23.6. The number of anilines is 3. The number of nitrogen functional groups attached to an aromatic ring is 1. The zero-order chi connectivity index (χ0) is 58.1. The van der Waals surface area contributed by atoms with Gasteiger partial charge < -0.3 is 55.6 Å². The van der Waals surface area contributed by atoms with E-state index in [1.807, 2.05) is 31.2 Å². The molecule has 2 aliphatic heterocycles. The van der Waals surface area contributed by atoms with E-state index in [-0.39, 0.29) is 79.5 Å².